The first-order valence-corrected chi connectivity index (χ1v) is 4.07. The summed E-state index contributed by atoms with van der Waals surface area (Å²) >= 11 is 0. The standard InChI is InChI=1S/C10H10N2/c1-7-10-3-2-8(5-11)4-9(10)6-12-7/h2-4,7,12H,6H2,1H3/t7-/m1/s1. The third-order valence-corrected chi connectivity index (χ3v) is 2.34. The maximum absolute atomic E-state index is 8.66. The highest BCUT2D eigenvalue weighted by atomic mass is 14.9. The maximum atomic E-state index is 8.66. The molecule has 0 aromatic heterocycles. The van der Waals surface area contributed by atoms with Gasteiger partial charge >= 0.3 is 0 Å². The molecule has 0 spiro atoms. The van der Waals surface area contributed by atoms with Crippen molar-refractivity contribution in [2.75, 3.05) is 0 Å². The Hall–Kier alpha value is -1.33. The second-order valence-corrected chi connectivity index (χ2v) is 3.13. The fraction of sp³-hybridized carbons (Fsp3) is 0.300. The van der Waals surface area contributed by atoms with E-state index in [9.17, 15) is 0 Å². The lowest BCUT2D eigenvalue weighted by molar-refractivity contribution is 0.633. The Kier molecular flexibility index (Phi) is 1.60. The van der Waals surface area contributed by atoms with Crippen molar-refractivity contribution >= 4 is 0 Å². The molecule has 1 heterocycles. The third kappa shape index (κ3) is 0.992. The molecule has 1 aromatic carbocycles. The minimum absolute atomic E-state index is 0.438. The van der Waals surface area contributed by atoms with Crippen LogP contribution in [0.4, 0.5) is 0 Å². The van der Waals surface area contributed by atoms with Crippen molar-refractivity contribution in [3.05, 3.63) is 34.9 Å². The molecule has 0 fully saturated rings. The first-order chi connectivity index (χ1) is 5.81. The molecule has 2 heteroatoms. The molecule has 0 aliphatic carbocycles. The van der Waals surface area contributed by atoms with E-state index in [0.29, 0.717) is 6.04 Å². The third-order valence-electron chi connectivity index (χ3n) is 2.34. The molecule has 2 rings (SSSR count). The van der Waals surface area contributed by atoms with Crippen molar-refractivity contribution in [2.45, 2.75) is 19.5 Å². The molecule has 0 bridgehead atoms. The summed E-state index contributed by atoms with van der Waals surface area (Å²) in [5.74, 6) is 0. The number of hydrogen-bond acceptors (Lipinski definition) is 2. The van der Waals surface area contributed by atoms with Crippen molar-refractivity contribution in [3.8, 4) is 6.07 Å². The van der Waals surface area contributed by atoms with Gasteiger partial charge in [-0.1, -0.05) is 6.07 Å². The van der Waals surface area contributed by atoms with Gasteiger partial charge in [-0.3, -0.25) is 0 Å². The Morgan fingerprint density at radius 2 is 2.42 bits per heavy atom. The summed E-state index contributed by atoms with van der Waals surface area (Å²) in [6.45, 7) is 3.03. The molecule has 2 nitrogen and oxygen atoms in total. The molecule has 0 saturated carbocycles. The van der Waals surface area contributed by atoms with E-state index in [0.717, 1.165) is 12.1 Å². The summed E-state index contributed by atoms with van der Waals surface area (Å²) in [5.41, 5.74) is 3.35. The van der Waals surface area contributed by atoms with Gasteiger partial charge in [0.25, 0.3) is 0 Å². The van der Waals surface area contributed by atoms with Gasteiger partial charge in [0, 0.05) is 12.6 Å². The van der Waals surface area contributed by atoms with Gasteiger partial charge in [0.05, 0.1) is 11.6 Å². The molecule has 0 saturated heterocycles. The molecule has 1 aromatic rings. The zero-order valence-electron chi connectivity index (χ0n) is 6.96. The summed E-state index contributed by atoms with van der Waals surface area (Å²) in [5, 5.41) is 12.0. The van der Waals surface area contributed by atoms with E-state index in [1.807, 2.05) is 18.2 Å². The smallest absolute Gasteiger partial charge is 0.0991 e. The molecule has 1 aliphatic rings. The van der Waals surface area contributed by atoms with Gasteiger partial charge < -0.3 is 5.32 Å². The van der Waals surface area contributed by atoms with E-state index in [2.05, 4.69) is 18.3 Å². The van der Waals surface area contributed by atoms with Crippen LogP contribution in [0.1, 0.15) is 29.7 Å². The number of hydrogen-bond donors (Lipinski definition) is 1. The summed E-state index contributed by atoms with van der Waals surface area (Å²) in [4.78, 5) is 0. The lowest BCUT2D eigenvalue weighted by atomic mass is 10.0. The minimum atomic E-state index is 0.438. The number of nitriles is 1. The minimum Gasteiger partial charge on any atom is -0.306 e. The van der Waals surface area contributed by atoms with Crippen LogP contribution >= 0.6 is 0 Å². The fourth-order valence-corrected chi connectivity index (χ4v) is 1.62. The predicted octanol–water partition coefficient (Wildman–Crippen LogP) is 1.72. The van der Waals surface area contributed by atoms with Crippen LogP contribution in [0.2, 0.25) is 0 Å². The Bertz CT molecular complexity index is 349. The topological polar surface area (TPSA) is 35.8 Å². The lowest BCUT2D eigenvalue weighted by Gasteiger charge is -2.02. The predicted molar refractivity (Wildman–Crippen MR) is 46.4 cm³/mol. The van der Waals surface area contributed by atoms with Crippen LogP contribution in [0.15, 0.2) is 18.2 Å². The Labute approximate surface area is 71.8 Å². The summed E-state index contributed by atoms with van der Waals surface area (Å²) in [6, 6.07) is 8.46. The molecule has 1 N–H and O–H groups in total. The number of nitrogens with zero attached hydrogens (tertiary/aromatic N) is 1. The van der Waals surface area contributed by atoms with E-state index < -0.39 is 0 Å². The average molecular weight is 158 g/mol. The lowest BCUT2D eigenvalue weighted by Crippen LogP contribution is -2.06. The van der Waals surface area contributed by atoms with Crippen LogP contribution in [-0.2, 0) is 6.54 Å². The number of benzene rings is 1. The zero-order chi connectivity index (χ0) is 8.55. The molecule has 60 valence electrons. The average Bonchev–Trinajstić information content (AvgIpc) is 2.47. The summed E-state index contributed by atoms with van der Waals surface area (Å²) in [6.07, 6.45) is 0. The van der Waals surface area contributed by atoms with Crippen molar-refractivity contribution in [1.29, 1.82) is 5.26 Å². The molecule has 1 aliphatic heterocycles. The highest BCUT2D eigenvalue weighted by molar-refractivity contribution is 5.41. The molecule has 0 amide bonds. The van der Waals surface area contributed by atoms with Crippen molar-refractivity contribution in [3.63, 3.8) is 0 Å². The van der Waals surface area contributed by atoms with Crippen LogP contribution in [0, 0.1) is 11.3 Å². The SMILES string of the molecule is C[C@H]1NCc2cc(C#N)ccc21. The fourth-order valence-electron chi connectivity index (χ4n) is 1.62. The number of rotatable bonds is 0. The van der Waals surface area contributed by atoms with Gasteiger partial charge in [0.2, 0.25) is 0 Å². The van der Waals surface area contributed by atoms with Gasteiger partial charge in [-0.05, 0) is 30.2 Å². The Balaban J connectivity index is 2.50. The first-order valence-electron chi connectivity index (χ1n) is 4.07. The van der Waals surface area contributed by atoms with E-state index in [4.69, 9.17) is 5.26 Å². The monoisotopic (exact) mass is 158 g/mol. The van der Waals surface area contributed by atoms with Crippen LogP contribution in [0.25, 0.3) is 0 Å². The zero-order valence-corrected chi connectivity index (χ0v) is 6.96. The van der Waals surface area contributed by atoms with Crippen molar-refractivity contribution in [2.24, 2.45) is 0 Å². The van der Waals surface area contributed by atoms with Crippen LogP contribution in [0.3, 0.4) is 0 Å². The van der Waals surface area contributed by atoms with Crippen LogP contribution < -0.4 is 5.32 Å². The summed E-state index contributed by atoms with van der Waals surface area (Å²) < 4.78 is 0. The van der Waals surface area contributed by atoms with Crippen LogP contribution in [0.5, 0.6) is 0 Å². The highest BCUT2D eigenvalue weighted by Crippen LogP contribution is 2.24. The molecule has 0 radical (unpaired) electrons. The normalized spacial score (nSPS) is 20.2. The molecular formula is C10H10N2. The molecular weight excluding hydrogens is 148 g/mol. The van der Waals surface area contributed by atoms with E-state index in [1.165, 1.54) is 11.1 Å². The number of fused-ring (bicyclic) bond motifs is 1. The van der Waals surface area contributed by atoms with E-state index in [1.54, 1.807) is 0 Å². The quantitative estimate of drug-likeness (QED) is 0.624. The van der Waals surface area contributed by atoms with Crippen molar-refractivity contribution in [1.82, 2.24) is 5.32 Å². The first kappa shape index (κ1) is 7.33. The van der Waals surface area contributed by atoms with Crippen LogP contribution in [-0.4, -0.2) is 0 Å². The van der Waals surface area contributed by atoms with E-state index in [-0.39, 0.29) is 0 Å². The maximum Gasteiger partial charge on any atom is 0.0991 e. The van der Waals surface area contributed by atoms with Gasteiger partial charge in [0.15, 0.2) is 0 Å². The number of nitrogens with one attached hydrogen (secondary N) is 1. The Morgan fingerprint density at radius 3 is 3.17 bits per heavy atom. The highest BCUT2D eigenvalue weighted by Gasteiger charge is 2.16. The largest absolute Gasteiger partial charge is 0.306 e. The van der Waals surface area contributed by atoms with Gasteiger partial charge in [-0.15, -0.1) is 0 Å². The summed E-state index contributed by atoms with van der Waals surface area (Å²) in [7, 11) is 0. The van der Waals surface area contributed by atoms with Crippen molar-refractivity contribution < 1.29 is 0 Å². The molecule has 12 heavy (non-hydrogen) atoms. The second kappa shape index (κ2) is 2.62. The van der Waals surface area contributed by atoms with Gasteiger partial charge in [-0.2, -0.15) is 5.26 Å². The van der Waals surface area contributed by atoms with Gasteiger partial charge in [-0.25, -0.2) is 0 Å². The van der Waals surface area contributed by atoms with Gasteiger partial charge in [0.1, 0.15) is 0 Å². The molecule has 1 atom stereocenters. The molecule has 0 unspecified atom stereocenters. The second-order valence-electron chi connectivity index (χ2n) is 3.13. The van der Waals surface area contributed by atoms with E-state index >= 15 is 0 Å². The Morgan fingerprint density at radius 1 is 1.58 bits per heavy atom.